The molecule has 0 amide bonds. The Hall–Kier alpha value is -0.650. The third kappa shape index (κ3) is 3.76. The molecule has 5 heteroatoms. The number of nitrogens with one attached hydrogen (secondary N) is 1. The van der Waals surface area contributed by atoms with E-state index in [1.807, 2.05) is 20.9 Å². The lowest BCUT2D eigenvalue weighted by Crippen LogP contribution is -2.51. The van der Waals surface area contributed by atoms with Crippen LogP contribution in [0.4, 0.5) is 0 Å². The summed E-state index contributed by atoms with van der Waals surface area (Å²) in [7, 11) is 4.11. The van der Waals surface area contributed by atoms with E-state index in [1.54, 1.807) is 0 Å². The van der Waals surface area contributed by atoms with Gasteiger partial charge in [0, 0.05) is 25.2 Å². The summed E-state index contributed by atoms with van der Waals surface area (Å²) >= 11 is 0. The molecule has 3 unspecified atom stereocenters. The van der Waals surface area contributed by atoms with Gasteiger partial charge in [-0.1, -0.05) is 0 Å². The second kappa shape index (κ2) is 7.07. The van der Waals surface area contributed by atoms with Crippen molar-refractivity contribution >= 4 is 5.97 Å². The molecule has 2 aliphatic rings. The Morgan fingerprint density at radius 2 is 2.05 bits per heavy atom. The molecule has 2 heterocycles. The molecular weight excluding hydrogens is 266 g/mol. The van der Waals surface area contributed by atoms with Crippen molar-refractivity contribution in [1.29, 1.82) is 0 Å². The summed E-state index contributed by atoms with van der Waals surface area (Å²) in [6.45, 7) is 7.47. The van der Waals surface area contributed by atoms with Gasteiger partial charge in [0.2, 0.25) is 0 Å². The molecule has 2 aliphatic heterocycles. The molecule has 0 saturated carbocycles. The number of hydrogen-bond acceptors (Lipinski definition) is 5. The number of esters is 1. The summed E-state index contributed by atoms with van der Waals surface area (Å²) in [4.78, 5) is 17.2. The van der Waals surface area contributed by atoms with Crippen LogP contribution in [0.3, 0.4) is 0 Å². The van der Waals surface area contributed by atoms with Crippen molar-refractivity contribution in [3.8, 4) is 0 Å². The topological polar surface area (TPSA) is 44.8 Å². The van der Waals surface area contributed by atoms with Crippen molar-refractivity contribution < 1.29 is 9.53 Å². The van der Waals surface area contributed by atoms with E-state index in [0.29, 0.717) is 12.6 Å². The van der Waals surface area contributed by atoms with Gasteiger partial charge in [0.15, 0.2) is 0 Å². The van der Waals surface area contributed by atoms with E-state index in [9.17, 15) is 4.79 Å². The first-order chi connectivity index (χ1) is 10.00. The molecule has 0 aromatic rings. The summed E-state index contributed by atoms with van der Waals surface area (Å²) in [6.07, 6.45) is 4.72. The molecule has 2 fully saturated rings. The highest BCUT2D eigenvalue weighted by Crippen LogP contribution is 2.28. The van der Waals surface area contributed by atoms with Gasteiger partial charge in [0.1, 0.15) is 5.54 Å². The first kappa shape index (κ1) is 16.7. The van der Waals surface area contributed by atoms with Crippen LogP contribution >= 0.6 is 0 Å². The van der Waals surface area contributed by atoms with E-state index in [0.717, 1.165) is 32.1 Å². The standard InChI is InChI=1S/C16H31N3O2/c1-5-21-15(20)16(2,17-3)9-11-19-10-8-13-6-7-14(12-19)18(13)4/h13-14,17H,5-12H2,1-4H3. The number of ether oxygens (including phenoxy) is 1. The lowest BCUT2D eigenvalue weighted by molar-refractivity contribution is -0.150. The Labute approximate surface area is 129 Å². The molecule has 2 rings (SSSR count). The fraction of sp³-hybridized carbons (Fsp3) is 0.938. The molecule has 0 aromatic carbocycles. The van der Waals surface area contributed by atoms with Gasteiger partial charge in [0.05, 0.1) is 6.61 Å². The van der Waals surface area contributed by atoms with Crippen LogP contribution < -0.4 is 5.32 Å². The van der Waals surface area contributed by atoms with Gasteiger partial charge in [-0.15, -0.1) is 0 Å². The number of nitrogens with zero attached hydrogens (tertiary/aromatic N) is 2. The smallest absolute Gasteiger partial charge is 0.326 e. The molecule has 0 aromatic heterocycles. The highest BCUT2D eigenvalue weighted by atomic mass is 16.5. The van der Waals surface area contributed by atoms with Crippen LogP contribution in [0.2, 0.25) is 0 Å². The molecule has 3 atom stereocenters. The van der Waals surface area contributed by atoms with Crippen LogP contribution in [-0.2, 0) is 9.53 Å². The Kier molecular flexibility index (Phi) is 5.63. The highest BCUT2D eigenvalue weighted by molar-refractivity contribution is 5.80. The minimum absolute atomic E-state index is 0.138. The van der Waals surface area contributed by atoms with Crippen molar-refractivity contribution in [2.75, 3.05) is 40.3 Å². The second-order valence-electron chi connectivity index (χ2n) is 6.69. The van der Waals surface area contributed by atoms with Gasteiger partial charge < -0.3 is 15.0 Å². The average molecular weight is 297 g/mol. The quantitative estimate of drug-likeness (QED) is 0.744. The van der Waals surface area contributed by atoms with Crippen molar-refractivity contribution in [3.05, 3.63) is 0 Å². The average Bonchev–Trinajstić information content (AvgIpc) is 2.71. The second-order valence-corrected chi connectivity index (χ2v) is 6.69. The fourth-order valence-electron chi connectivity index (χ4n) is 3.58. The maximum atomic E-state index is 12.1. The third-order valence-electron chi connectivity index (χ3n) is 5.44. The number of likely N-dealkylation sites (tertiary alicyclic amines) is 1. The van der Waals surface area contributed by atoms with Crippen LogP contribution in [0.5, 0.6) is 0 Å². The zero-order valence-corrected chi connectivity index (χ0v) is 14.0. The number of carbonyl (C=O) groups is 1. The van der Waals surface area contributed by atoms with Crippen molar-refractivity contribution in [3.63, 3.8) is 0 Å². The minimum Gasteiger partial charge on any atom is -0.465 e. The SMILES string of the molecule is CCOC(=O)C(C)(CCN1CCC2CCC(C1)N2C)NC. The number of fused-ring (bicyclic) bond motifs is 2. The van der Waals surface area contributed by atoms with E-state index in [4.69, 9.17) is 4.74 Å². The number of rotatable bonds is 6. The van der Waals surface area contributed by atoms with Gasteiger partial charge in [-0.2, -0.15) is 0 Å². The van der Waals surface area contributed by atoms with Crippen molar-refractivity contribution in [2.24, 2.45) is 0 Å². The molecule has 1 N–H and O–H groups in total. The zero-order chi connectivity index (χ0) is 15.5. The van der Waals surface area contributed by atoms with Gasteiger partial charge in [-0.3, -0.25) is 9.69 Å². The van der Waals surface area contributed by atoms with Gasteiger partial charge >= 0.3 is 5.97 Å². The van der Waals surface area contributed by atoms with Crippen LogP contribution in [0, 0.1) is 0 Å². The normalized spacial score (nSPS) is 29.9. The molecule has 21 heavy (non-hydrogen) atoms. The highest BCUT2D eigenvalue weighted by Gasteiger charge is 2.37. The van der Waals surface area contributed by atoms with Crippen LogP contribution in [-0.4, -0.2) is 73.7 Å². The summed E-state index contributed by atoms with van der Waals surface area (Å²) in [5, 5.41) is 3.15. The van der Waals surface area contributed by atoms with E-state index < -0.39 is 5.54 Å². The lowest BCUT2D eigenvalue weighted by Gasteiger charge is -2.31. The summed E-state index contributed by atoms with van der Waals surface area (Å²) in [6, 6.07) is 1.46. The fourth-order valence-corrected chi connectivity index (χ4v) is 3.58. The summed E-state index contributed by atoms with van der Waals surface area (Å²) in [5.41, 5.74) is -0.576. The monoisotopic (exact) mass is 297 g/mol. The Morgan fingerprint density at radius 3 is 2.71 bits per heavy atom. The van der Waals surface area contributed by atoms with Crippen molar-refractivity contribution in [2.45, 2.75) is 57.2 Å². The van der Waals surface area contributed by atoms with E-state index in [2.05, 4.69) is 22.2 Å². The Bertz CT molecular complexity index is 363. The van der Waals surface area contributed by atoms with Gasteiger partial charge in [-0.25, -0.2) is 0 Å². The van der Waals surface area contributed by atoms with Crippen LogP contribution in [0.1, 0.15) is 39.5 Å². The van der Waals surface area contributed by atoms with Crippen LogP contribution in [0.15, 0.2) is 0 Å². The van der Waals surface area contributed by atoms with E-state index >= 15 is 0 Å². The number of hydrogen-bond donors (Lipinski definition) is 1. The third-order valence-corrected chi connectivity index (χ3v) is 5.44. The van der Waals surface area contributed by atoms with Gasteiger partial charge in [-0.05, 0) is 60.2 Å². The van der Waals surface area contributed by atoms with E-state index in [1.165, 1.54) is 19.3 Å². The summed E-state index contributed by atoms with van der Waals surface area (Å²) < 4.78 is 5.20. The first-order valence-electron chi connectivity index (χ1n) is 8.30. The molecule has 0 spiro atoms. The number of carbonyl (C=O) groups excluding carboxylic acids is 1. The summed E-state index contributed by atoms with van der Waals surface area (Å²) in [5.74, 6) is -0.138. The predicted octanol–water partition coefficient (Wildman–Crippen LogP) is 1.09. The Morgan fingerprint density at radius 1 is 1.33 bits per heavy atom. The zero-order valence-electron chi connectivity index (χ0n) is 14.0. The van der Waals surface area contributed by atoms with Crippen molar-refractivity contribution in [1.82, 2.24) is 15.1 Å². The molecule has 122 valence electrons. The van der Waals surface area contributed by atoms with Gasteiger partial charge in [0.25, 0.3) is 0 Å². The lowest BCUT2D eigenvalue weighted by atomic mass is 9.97. The molecule has 2 bridgehead atoms. The molecule has 2 saturated heterocycles. The minimum atomic E-state index is -0.576. The molecular formula is C16H31N3O2. The van der Waals surface area contributed by atoms with E-state index in [-0.39, 0.29) is 5.97 Å². The maximum Gasteiger partial charge on any atom is 0.326 e. The molecule has 5 nitrogen and oxygen atoms in total. The maximum absolute atomic E-state index is 12.1. The predicted molar refractivity (Wildman–Crippen MR) is 84.3 cm³/mol. The number of likely N-dealkylation sites (N-methyl/N-ethyl adjacent to an activating group) is 2. The molecule has 0 radical (unpaired) electrons. The first-order valence-corrected chi connectivity index (χ1v) is 8.30. The Balaban J connectivity index is 1.88. The molecule has 0 aliphatic carbocycles. The van der Waals surface area contributed by atoms with Crippen LogP contribution in [0.25, 0.3) is 0 Å². The largest absolute Gasteiger partial charge is 0.465 e.